The summed E-state index contributed by atoms with van der Waals surface area (Å²) in [6.07, 6.45) is 16.8. The minimum Gasteiger partial charge on any atom is -0.466 e. The van der Waals surface area contributed by atoms with E-state index in [2.05, 4.69) is 13.8 Å². The summed E-state index contributed by atoms with van der Waals surface area (Å²) in [7, 11) is 0. The molecule has 0 aliphatic carbocycles. The fourth-order valence-electron chi connectivity index (χ4n) is 3.31. The second kappa shape index (κ2) is 17.9. The van der Waals surface area contributed by atoms with E-state index in [9.17, 15) is 9.59 Å². The zero-order valence-corrected chi connectivity index (χ0v) is 17.1. The highest BCUT2D eigenvalue weighted by Gasteiger charge is 2.21. The van der Waals surface area contributed by atoms with Gasteiger partial charge in [-0.2, -0.15) is 0 Å². The number of ketones is 1. The van der Waals surface area contributed by atoms with Crippen LogP contribution >= 0.6 is 0 Å². The molecule has 0 aromatic carbocycles. The molecule has 0 amide bonds. The normalized spacial score (nSPS) is 11.0. The molecule has 0 bridgehead atoms. The molecule has 25 heavy (non-hydrogen) atoms. The van der Waals surface area contributed by atoms with Gasteiger partial charge in [0.05, 0.1) is 6.61 Å². The van der Waals surface area contributed by atoms with Crippen LogP contribution in [0.25, 0.3) is 0 Å². The number of rotatable bonds is 18. The van der Waals surface area contributed by atoms with Crippen LogP contribution < -0.4 is 0 Å². The largest absolute Gasteiger partial charge is 0.466 e. The van der Waals surface area contributed by atoms with Crippen LogP contribution in [0.15, 0.2) is 0 Å². The SMILES string of the molecule is CCCCCCCCC(CCCCCCCC)C(=O)CC(=O)OCC. The van der Waals surface area contributed by atoms with Gasteiger partial charge in [0.1, 0.15) is 12.2 Å². The Bertz CT molecular complexity index is 309. The Balaban J connectivity index is 4.15. The zero-order valence-electron chi connectivity index (χ0n) is 17.1. The molecule has 148 valence electrons. The van der Waals surface area contributed by atoms with Gasteiger partial charge in [-0.1, -0.05) is 90.9 Å². The van der Waals surface area contributed by atoms with Crippen molar-refractivity contribution in [3.05, 3.63) is 0 Å². The Morgan fingerprint density at radius 3 is 1.56 bits per heavy atom. The quantitative estimate of drug-likeness (QED) is 0.158. The third-order valence-corrected chi connectivity index (χ3v) is 4.89. The number of hydrogen-bond donors (Lipinski definition) is 0. The van der Waals surface area contributed by atoms with Crippen molar-refractivity contribution in [1.29, 1.82) is 0 Å². The lowest BCUT2D eigenvalue weighted by Crippen LogP contribution is -2.20. The molecule has 3 heteroatoms. The molecule has 0 N–H and O–H groups in total. The van der Waals surface area contributed by atoms with Crippen molar-refractivity contribution >= 4 is 11.8 Å². The molecule has 0 spiro atoms. The van der Waals surface area contributed by atoms with Gasteiger partial charge < -0.3 is 4.74 Å². The number of carbonyl (C=O) groups is 2. The van der Waals surface area contributed by atoms with Crippen molar-refractivity contribution < 1.29 is 14.3 Å². The highest BCUT2D eigenvalue weighted by molar-refractivity contribution is 5.96. The van der Waals surface area contributed by atoms with Gasteiger partial charge in [-0.25, -0.2) is 0 Å². The fourth-order valence-corrected chi connectivity index (χ4v) is 3.31. The maximum atomic E-state index is 12.5. The van der Waals surface area contributed by atoms with Crippen LogP contribution in [0.3, 0.4) is 0 Å². The Morgan fingerprint density at radius 1 is 0.680 bits per heavy atom. The first-order chi connectivity index (χ1) is 12.2. The van der Waals surface area contributed by atoms with Gasteiger partial charge in [-0.05, 0) is 19.8 Å². The van der Waals surface area contributed by atoms with E-state index in [0.29, 0.717) is 6.61 Å². The molecule has 0 saturated heterocycles. The van der Waals surface area contributed by atoms with Crippen molar-refractivity contribution in [2.75, 3.05) is 6.61 Å². The van der Waals surface area contributed by atoms with Gasteiger partial charge in [-0.15, -0.1) is 0 Å². The molecule has 0 heterocycles. The molecule has 0 rings (SSSR count). The van der Waals surface area contributed by atoms with Gasteiger partial charge in [0.2, 0.25) is 0 Å². The predicted octanol–water partition coefficient (Wildman–Crippen LogP) is 6.63. The molecule has 0 fully saturated rings. The van der Waals surface area contributed by atoms with Crippen molar-refractivity contribution in [1.82, 2.24) is 0 Å². The second-order valence-corrected chi connectivity index (χ2v) is 7.26. The monoisotopic (exact) mass is 354 g/mol. The van der Waals surface area contributed by atoms with Gasteiger partial charge in [0.15, 0.2) is 0 Å². The number of ether oxygens (including phenoxy) is 1. The molecule has 0 unspecified atom stereocenters. The molecule has 0 radical (unpaired) electrons. The van der Waals surface area contributed by atoms with Crippen molar-refractivity contribution in [2.24, 2.45) is 5.92 Å². The van der Waals surface area contributed by atoms with E-state index < -0.39 is 0 Å². The molecular weight excluding hydrogens is 312 g/mol. The Morgan fingerprint density at radius 2 is 1.12 bits per heavy atom. The van der Waals surface area contributed by atoms with E-state index in [1.165, 1.54) is 64.2 Å². The van der Waals surface area contributed by atoms with Crippen LogP contribution in [0.2, 0.25) is 0 Å². The Hall–Kier alpha value is -0.860. The molecule has 0 aliphatic rings. The maximum Gasteiger partial charge on any atom is 0.313 e. The summed E-state index contributed by atoms with van der Waals surface area (Å²) < 4.78 is 4.94. The molecule has 0 aromatic heterocycles. The number of carbonyl (C=O) groups excluding carboxylic acids is 2. The van der Waals surface area contributed by atoms with Crippen LogP contribution in [0, 0.1) is 5.92 Å². The third kappa shape index (κ3) is 15.1. The highest BCUT2D eigenvalue weighted by atomic mass is 16.5. The van der Waals surface area contributed by atoms with Crippen LogP contribution in [0.4, 0.5) is 0 Å². The summed E-state index contributed by atoms with van der Waals surface area (Å²) in [6.45, 7) is 6.59. The third-order valence-electron chi connectivity index (χ3n) is 4.89. The molecule has 0 atom stereocenters. The summed E-state index contributed by atoms with van der Waals surface area (Å²) in [5.41, 5.74) is 0. The first-order valence-corrected chi connectivity index (χ1v) is 10.8. The van der Waals surface area contributed by atoms with Crippen molar-refractivity contribution in [3.63, 3.8) is 0 Å². The van der Waals surface area contributed by atoms with Crippen molar-refractivity contribution in [2.45, 2.75) is 117 Å². The smallest absolute Gasteiger partial charge is 0.313 e. The summed E-state index contributed by atoms with van der Waals surface area (Å²) in [5.74, 6) is -0.203. The average molecular weight is 355 g/mol. The Kier molecular flexibility index (Phi) is 17.3. The molecule has 0 saturated carbocycles. The van der Waals surface area contributed by atoms with E-state index in [4.69, 9.17) is 4.74 Å². The first kappa shape index (κ1) is 24.1. The topological polar surface area (TPSA) is 43.4 Å². The van der Waals surface area contributed by atoms with E-state index in [-0.39, 0.29) is 24.1 Å². The van der Waals surface area contributed by atoms with Gasteiger partial charge in [0, 0.05) is 5.92 Å². The predicted molar refractivity (Wildman–Crippen MR) is 106 cm³/mol. The van der Waals surface area contributed by atoms with Crippen LogP contribution in [-0.2, 0) is 14.3 Å². The molecule has 0 aromatic rings. The van der Waals surface area contributed by atoms with E-state index in [0.717, 1.165) is 25.7 Å². The first-order valence-electron chi connectivity index (χ1n) is 10.8. The minimum atomic E-state index is -0.358. The maximum absolute atomic E-state index is 12.5. The van der Waals surface area contributed by atoms with Gasteiger partial charge in [-0.3, -0.25) is 9.59 Å². The number of Topliss-reactive ketones (excluding diaryl/α,β-unsaturated/α-hetero) is 1. The van der Waals surface area contributed by atoms with E-state index in [1.807, 2.05) is 0 Å². The number of unbranched alkanes of at least 4 members (excludes halogenated alkanes) is 10. The number of hydrogen-bond acceptors (Lipinski definition) is 3. The standard InChI is InChI=1S/C22H42O3/c1-4-7-9-11-13-15-17-20(18-16-14-12-10-8-5-2)21(23)19-22(24)25-6-3/h20H,4-19H2,1-3H3. The lowest BCUT2D eigenvalue weighted by Gasteiger charge is -2.15. The highest BCUT2D eigenvalue weighted by Crippen LogP contribution is 2.21. The second-order valence-electron chi connectivity index (χ2n) is 7.26. The molecule has 3 nitrogen and oxygen atoms in total. The molecule has 0 aliphatic heterocycles. The fraction of sp³-hybridized carbons (Fsp3) is 0.909. The zero-order chi connectivity index (χ0) is 18.8. The average Bonchev–Trinajstić information content (AvgIpc) is 2.59. The lowest BCUT2D eigenvalue weighted by molar-refractivity contribution is -0.146. The minimum absolute atomic E-state index is 0.0375. The lowest BCUT2D eigenvalue weighted by atomic mass is 9.89. The molecular formula is C22H42O3. The van der Waals surface area contributed by atoms with Crippen molar-refractivity contribution in [3.8, 4) is 0 Å². The van der Waals surface area contributed by atoms with Gasteiger partial charge in [0.25, 0.3) is 0 Å². The van der Waals surface area contributed by atoms with Crippen LogP contribution in [0.5, 0.6) is 0 Å². The van der Waals surface area contributed by atoms with Crippen LogP contribution in [-0.4, -0.2) is 18.4 Å². The number of esters is 1. The van der Waals surface area contributed by atoms with Gasteiger partial charge >= 0.3 is 5.97 Å². The van der Waals surface area contributed by atoms with E-state index in [1.54, 1.807) is 6.92 Å². The Labute approximate surface area is 156 Å². The van der Waals surface area contributed by atoms with E-state index >= 15 is 0 Å². The summed E-state index contributed by atoms with van der Waals surface area (Å²) >= 11 is 0. The van der Waals surface area contributed by atoms with Crippen LogP contribution in [0.1, 0.15) is 117 Å². The summed E-state index contributed by atoms with van der Waals surface area (Å²) in [6, 6.07) is 0. The summed E-state index contributed by atoms with van der Waals surface area (Å²) in [5, 5.41) is 0. The summed E-state index contributed by atoms with van der Waals surface area (Å²) in [4.78, 5) is 24.1.